The van der Waals surface area contributed by atoms with Crippen LogP contribution in [0.4, 0.5) is 0 Å². The molecule has 0 unspecified atom stereocenters. The lowest BCUT2D eigenvalue weighted by molar-refractivity contribution is 0.303. The predicted molar refractivity (Wildman–Crippen MR) is 82.5 cm³/mol. The topological polar surface area (TPSA) is 37.9 Å². The molecular weight excluding hydrogens is 268 g/mol. The van der Waals surface area contributed by atoms with Crippen molar-refractivity contribution in [2.45, 2.75) is 38.7 Å². The average molecular weight is 286 g/mol. The van der Waals surface area contributed by atoms with Crippen LogP contribution >= 0.6 is 12.2 Å². The average Bonchev–Trinajstić information content (AvgIpc) is 3.23. The highest BCUT2D eigenvalue weighted by molar-refractivity contribution is 7.71. The van der Waals surface area contributed by atoms with Crippen molar-refractivity contribution in [1.29, 1.82) is 0 Å². The van der Waals surface area contributed by atoms with Gasteiger partial charge in [0.1, 0.15) is 16.2 Å². The first kappa shape index (κ1) is 13.3. The van der Waals surface area contributed by atoms with Crippen LogP contribution in [-0.2, 0) is 6.42 Å². The summed E-state index contributed by atoms with van der Waals surface area (Å²) in [6.45, 7) is 2.13. The molecule has 4 heteroatoms. The quantitative estimate of drug-likeness (QED) is 0.833. The molecule has 1 aliphatic rings. The van der Waals surface area contributed by atoms with Gasteiger partial charge in [-0.3, -0.25) is 0 Å². The summed E-state index contributed by atoms with van der Waals surface area (Å²) in [6, 6.07) is 10.1. The van der Waals surface area contributed by atoms with Gasteiger partial charge in [-0.2, -0.15) is 0 Å². The zero-order valence-electron chi connectivity index (χ0n) is 11.6. The van der Waals surface area contributed by atoms with Crippen LogP contribution in [-0.4, -0.2) is 16.1 Å². The first-order chi connectivity index (χ1) is 9.74. The SMILES string of the molecule is CCCc1nc(=S)cc(-c2ccc(OC3CC3)cc2)[nH]1. The Hall–Kier alpha value is -1.68. The standard InChI is InChI=1S/C16H18N2OS/c1-2-3-15-17-14(10-16(20)18-15)11-4-6-12(7-5-11)19-13-8-9-13/h4-7,10,13H,2-3,8-9H2,1H3,(H,17,18,20). The van der Waals surface area contributed by atoms with Gasteiger partial charge < -0.3 is 9.72 Å². The van der Waals surface area contributed by atoms with Crippen molar-refractivity contribution in [2.24, 2.45) is 0 Å². The summed E-state index contributed by atoms with van der Waals surface area (Å²) < 4.78 is 6.40. The van der Waals surface area contributed by atoms with Gasteiger partial charge in [-0.15, -0.1) is 0 Å². The van der Waals surface area contributed by atoms with Gasteiger partial charge in [0.05, 0.1) is 6.10 Å². The first-order valence-electron chi connectivity index (χ1n) is 7.12. The smallest absolute Gasteiger partial charge is 0.130 e. The van der Waals surface area contributed by atoms with Crippen LogP contribution < -0.4 is 4.74 Å². The van der Waals surface area contributed by atoms with E-state index < -0.39 is 0 Å². The van der Waals surface area contributed by atoms with Crippen LogP contribution in [0.15, 0.2) is 30.3 Å². The minimum Gasteiger partial charge on any atom is -0.490 e. The van der Waals surface area contributed by atoms with Crippen molar-refractivity contribution >= 4 is 12.2 Å². The molecule has 0 saturated heterocycles. The summed E-state index contributed by atoms with van der Waals surface area (Å²) in [4.78, 5) is 7.71. The fourth-order valence-corrected chi connectivity index (χ4v) is 2.34. The van der Waals surface area contributed by atoms with E-state index in [-0.39, 0.29) is 0 Å². The van der Waals surface area contributed by atoms with Gasteiger partial charge >= 0.3 is 0 Å². The number of nitrogens with one attached hydrogen (secondary N) is 1. The van der Waals surface area contributed by atoms with Crippen molar-refractivity contribution in [3.63, 3.8) is 0 Å². The zero-order chi connectivity index (χ0) is 13.9. The Labute approximate surface area is 124 Å². The van der Waals surface area contributed by atoms with E-state index in [9.17, 15) is 0 Å². The van der Waals surface area contributed by atoms with Gasteiger partial charge in [0.15, 0.2) is 0 Å². The monoisotopic (exact) mass is 286 g/mol. The summed E-state index contributed by atoms with van der Waals surface area (Å²) in [6.07, 6.45) is 4.76. The zero-order valence-corrected chi connectivity index (χ0v) is 12.4. The molecule has 1 saturated carbocycles. The lowest BCUT2D eigenvalue weighted by Gasteiger charge is -2.08. The van der Waals surface area contributed by atoms with E-state index in [2.05, 4.69) is 29.0 Å². The number of aryl methyl sites for hydroxylation is 1. The normalized spacial score (nSPS) is 14.2. The second kappa shape index (κ2) is 5.75. The summed E-state index contributed by atoms with van der Waals surface area (Å²) in [5.41, 5.74) is 2.13. The molecule has 3 rings (SSSR count). The van der Waals surface area contributed by atoms with E-state index in [1.165, 1.54) is 12.8 Å². The number of aromatic amines is 1. The van der Waals surface area contributed by atoms with Crippen molar-refractivity contribution in [3.05, 3.63) is 40.8 Å². The third-order valence-electron chi connectivity index (χ3n) is 3.27. The number of benzene rings is 1. The molecule has 0 amide bonds. The largest absolute Gasteiger partial charge is 0.490 e. The Morgan fingerprint density at radius 1 is 1.30 bits per heavy atom. The maximum Gasteiger partial charge on any atom is 0.130 e. The second-order valence-corrected chi connectivity index (χ2v) is 5.59. The molecule has 0 bridgehead atoms. The van der Waals surface area contributed by atoms with Gasteiger partial charge in [0.25, 0.3) is 0 Å². The first-order valence-corrected chi connectivity index (χ1v) is 7.53. The van der Waals surface area contributed by atoms with Crippen molar-refractivity contribution in [1.82, 2.24) is 9.97 Å². The van der Waals surface area contributed by atoms with Gasteiger partial charge in [-0.05, 0) is 55.2 Å². The molecule has 1 aromatic carbocycles. The van der Waals surface area contributed by atoms with Crippen LogP contribution in [0.2, 0.25) is 0 Å². The molecule has 3 nitrogen and oxygen atoms in total. The number of rotatable bonds is 5. The summed E-state index contributed by atoms with van der Waals surface area (Å²) in [5.74, 6) is 1.89. The van der Waals surface area contributed by atoms with E-state index >= 15 is 0 Å². The van der Waals surface area contributed by atoms with Crippen LogP contribution in [0.1, 0.15) is 32.0 Å². The molecule has 0 atom stereocenters. The summed E-state index contributed by atoms with van der Waals surface area (Å²) >= 11 is 5.24. The number of nitrogens with zero attached hydrogens (tertiary/aromatic N) is 1. The highest BCUT2D eigenvalue weighted by Crippen LogP contribution is 2.28. The lowest BCUT2D eigenvalue weighted by atomic mass is 10.1. The number of hydrogen-bond donors (Lipinski definition) is 1. The van der Waals surface area contributed by atoms with E-state index in [1.54, 1.807) is 0 Å². The van der Waals surface area contributed by atoms with Gasteiger partial charge in [-0.1, -0.05) is 19.1 Å². The Balaban J connectivity index is 1.85. The molecule has 1 aliphatic carbocycles. The maximum atomic E-state index is 5.76. The van der Waals surface area contributed by atoms with Crippen molar-refractivity contribution in [2.75, 3.05) is 0 Å². The van der Waals surface area contributed by atoms with Gasteiger partial charge in [0.2, 0.25) is 0 Å². The molecule has 2 aromatic rings. The molecule has 104 valence electrons. The number of hydrogen-bond acceptors (Lipinski definition) is 3. The van der Waals surface area contributed by atoms with E-state index in [1.807, 2.05) is 18.2 Å². The fraction of sp³-hybridized carbons (Fsp3) is 0.375. The molecule has 1 aromatic heterocycles. The maximum absolute atomic E-state index is 5.76. The van der Waals surface area contributed by atoms with E-state index in [4.69, 9.17) is 17.0 Å². The van der Waals surface area contributed by atoms with Crippen molar-refractivity contribution < 1.29 is 4.74 Å². The van der Waals surface area contributed by atoms with Gasteiger partial charge in [-0.25, -0.2) is 4.98 Å². The molecular formula is C16H18N2OS. The van der Waals surface area contributed by atoms with Crippen LogP contribution in [0.5, 0.6) is 5.75 Å². The molecule has 0 aliphatic heterocycles. The fourth-order valence-electron chi connectivity index (χ4n) is 2.11. The summed E-state index contributed by atoms with van der Waals surface area (Å²) in [7, 11) is 0. The third-order valence-corrected chi connectivity index (χ3v) is 3.48. The molecule has 0 spiro atoms. The molecule has 1 N–H and O–H groups in total. The number of H-pyrrole nitrogens is 1. The minimum absolute atomic E-state index is 0.434. The van der Waals surface area contributed by atoms with Crippen molar-refractivity contribution in [3.8, 4) is 17.0 Å². The Bertz CT molecular complexity index is 644. The lowest BCUT2D eigenvalue weighted by Crippen LogP contribution is -1.97. The van der Waals surface area contributed by atoms with E-state index in [0.29, 0.717) is 10.7 Å². The van der Waals surface area contributed by atoms with E-state index in [0.717, 1.165) is 35.7 Å². The Morgan fingerprint density at radius 3 is 2.70 bits per heavy atom. The minimum atomic E-state index is 0.434. The molecule has 0 radical (unpaired) electrons. The number of ether oxygens (including phenoxy) is 1. The van der Waals surface area contributed by atoms with Crippen LogP contribution in [0.25, 0.3) is 11.3 Å². The molecule has 1 heterocycles. The highest BCUT2D eigenvalue weighted by Gasteiger charge is 2.23. The summed E-state index contributed by atoms with van der Waals surface area (Å²) in [5, 5.41) is 0. The van der Waals surface area contributed by atoms with Crippen LogP contribution in [0.3, 0.4) is 0 Å². The molecule has 1 fully saturated rings. The third kappa shape index (κ3) is 3.25. The predicted octanol–water partition coefficient (Wildman–Crippen LogP) is 4.30. The Kier molecular flexibility index (Phi) is 3.83. The second-order valence-electron chi connectivity index (χ2n) is 5.17. The number of aromatic nitrogens is 2. The Morgan fingerprint density at radius 2 is 2.05 bits per heavy atom. The van der Waals surface area contributed by atoms with Crippen LogP contribution in [0, 0.1) is 4.64 Å². The highest BCUT2D eigenvalue weighted by atomic mass is 32.1. The molecule has 20 heavy (non-hydrogen) atoms. The van der Waals surface area contributed by atoms with Gasteiger partial charge in [0, 0.05) is 12.1 Å².